The predicted octanol–water partition coefficient (Wildman–Crippen LogP) is -4.69. The third-order valence-electron chi connectivity index (χ3n) is 6.23. The monoisotopic (exact) mass is 589 g/mol. The van der Waals surface area contributed by atoms with Crippen molar-refractivity contribution in [3.8, 4) is 0 Å². The van der Waals surface area contributed by atoms with Crippen LogP contribution in [0.5, 0.6) is 0 Å². The second-order valence-corrected chi connectivity index (χ2v) is 10.2. The lowest BCUT2D eigenvalue weighted by atomic mass is 10.1. The molecule has 10 N–H and O–H groups in total. The van der Waals surface area contributed by atoms with Gasteiger partial charge in [0.15, 0.2) is 23.6 Å². The molecule has 5 rings (SSSR count). The highest BCUT2D eigenvalue weighted by Gasteiger charge is 2.50. The van der Waals surface area contributed by atoms with Crippen molar-refractivity contribution >= 4 is 30.9 Å². The number of hydrogen-bond donors (Lipinski definition) is 8. The van der Waals surface area contributed by atoms with Gasteiger partial charge in [-0.25, -0.2) is 19.3 Å². The number of nitrogen functional groups attached to an aromatic ring is 2. The van der Waals surface area contributed by atoms with Gasteiger partial charge in [0.2, 0.25) is 11.9 Å². The smallest absolute Gasteiger partial charge is 0.394 e. The first kappa shape index (κ1) is 28.2. The maximum Gasteiger partial charge on any atom is 0.472 e. The summed E-state index contributed by atoms with van der Waals surface area (Å²) in [6.07, 6.45) is -10.3. The van der Waals surface area contributed by atoms with Crippen molar-refractivity contribution in [2.45, 2.75) is 49.1 Å². The number of anilines is 2. The van der Waals surface area contributed by atoms with Crippen LogP contribution in [0.15, 0.2) is 22.2 Å². The zero-order chi connectivity index (χ0) is 28.9. The van der Waals surface area contributed by atoms with Gasteiger partial charge in [0.25, 0.3) is 5.56 Å². The molecule has 0 radical (unpaired) electrons. The Morgan fingerprint density at radius 2 is 1.68 bits per heavy atom. The first-order valence-corrected chi connectivity index (χ1v) is 12.9. The number of rotatable bonds is 8. The molecule has 9 atom stereocenters. The number of fused-ring (bicyclic) bond motifs is 1. The topological polar surface area (TPSA) is 319 Å². The quantitative estimate of drug-likeness (QED) is 0.114. The zero-order valence-electron chi connectivity index (χ0n) is 20.1. The van der Waals surface area contributed by atoms with E-state index in [1.807, 2.05) is 0 Å². The summed E-state index contributed by atoms with van der Waals surface area (Å²) in [5.41, 5.74) is 9.11. The van der Waals surface area contributed by atoms with Crippen LogP contribution in [0.2, 0.25) is 0 Å². The van der Waals surface area contributed by atoms with Crippen LogP contribution in [0.4, 0.5) is 11.9 Å². The molecule has 0 saturated carbocycles. The molecule has 40 heavy (non-hydrogen) atoms. The van der Waals surface area contributed by atoms with Crippen molar-refractivity contribution in [1.82, 2.24) is 34.1 Å². The van der Waals surface area contributed by atoms with E-state index in [9.17, 15) is 39.5 Å². The van der Waals surface area contributed by atoms with Crippen molar-refractivity contribution in [1.29, 1.82) is 0 Å². The Bertz CT molecular complexity index is 1560. The highest BCUT2D eigenvalue weighted by atomic mass is 31.2. The summed E-state index contributed by atoms with van der Waals surface area (Å²) >= 11 is 0. The second kappa shape index (κ2) is 10.6. The van der Waals surface area contributed by atoms with Gasteiger partial charge in [0.05, 0.1) is 19.5 Å². The van der Waals surface area contributed by atoms with E-state index in [0.717, 1.165) is 21.8 Å². The van der Waals surface area contributed by atoms with Crippen molar-refractivity contribution in [3.05, 3.63) is 33.5 Å². The fraction of sp³-hybridized carbons (Fsp3) is 0.556. The molecule has 0 amide bonds. The van der Waals surface area contributed by atoms with Gasteiger partial charge >= 0.3 is 13.5 Å². The molecular weight excluding hydrogens is 565 g/mol. The number of hydrogen-bond acceptors (Lipinski definition) is 17. The lowest BCUT2D eigenvalue weighted by molar-refractivity contribution is -0.0613. The molecule has 5 heterocycles. The molecular formula is C18H24N9O12P. The van der Waals surface area contributed by atoms with Gasteiger partial charge in [0, 0.05) is 0 Å². The van der Waals surface area contributed by atoms with Crippen molar-refractivity contribution in [3.63, 3.8) is 0 Å². The van der Waals surface area contributed by atoms with Crippen molar-refractivity contribution in [2.75, 3.05) is 24.7 Å². The molecule has 0 aliphatic carbocycles. The molecule has 2 saturated heterocycles. The lowest BCUT2D eigenvalue weighted by Crippen LogP contribution is -2.37. The molecule has 3 aromatic heterocycles. The van der Waals surface area contributed by atoms with E-state index in [1.165, 1.54) is 0 Å². The van der Waals surface area contributed by atoms with E-state index in [1.54, 1.807) is 0 Å². The van der Waals surface area contributed by atoms with Crippen molar-refractivity contribution < 1.29 is 48.4 Å². The third kappa shape index (κ3) is 5.10. The highest BCUT2D eigenvalue weighted by Crippen LogP contribution is 2.49. The minimum absolute atomic E-state index is 0.0721. The predicted molar refractivity (Wildman–Crippen MR) is 127 cm³/mol. The summed E-state index contributed by atoms with van der Waals surface area (Å²) in [5, 5.41) is 41.2. The molecule has 22 heteroatoms. The van der Waals surface area contributed by atoms with Crippen LogP contribution in [-0.4, -0.2) is 109 Å². The van der Waals surface area contributed by atoms with Gasteiger partial charge in [-0.2, -0.15) is 9.97 Å². The summed E-state index contributed by atoms with van der Waals surface area (Å²) in [6.45, 7) is -1.58. The highest BCUT2D eigenvalue weighted by molar-refractivity contribution is 7.47. The molecule has 21 nitrogen and oxygen atoms in total. The SMILES string of the molecule is Nc1ncn([C@@H]2O[C@H](COP(=O)(O)O[C@@H]3C(O)[C@H](n4cnc5c(=O)[nH]c(N)nc54)O[C@@H]3CO)[C@H](O)C2O)c(=O)n1. The molecule has 0 aromatic carbocycles. The van der Waals surface area contributed by atoms with E-state index >= 15 is 0 Å². The number of nitrogens with two attached hydrogens (primary N) is 2. The summed E-state index contributed by atoms with van der Waals surface area (Å²) in [6, 6.07) is 0. The molecule has 218 valence electrons. The fourth-order valence-corrected chi connectivity index (χ4v) is 5.30. The minimum Gasteiger partial charge on any atom is -0.394 e. The number of ether oxygens (including phenoxy) is 2. The number of phosphoric acid groups is 1. The van der Waals surface area contributed by atoms with Crippen LogP contribution < -0.4 is 22.7 Å². The molecule has 3 aromatic rings. The largest absolute Gasteiger partial charge is 0.472 e. The Kier molecular flexibility index (Phi) is 7.43. The molecule has 2 fully saturated rings. The number of imidazole rings is 1. The van der Waals surface area contributed by atoms with Crippen LogP contribution in [0.3, 0.4) is 0 Å². The average Bonchev–Trinajstić information content (AvgIpc) is 3.53. The summed E-state index contributed by atoms with van der Waals surface area (Å²) in [5.74, 6) is -0.576. The zero-order valence-corrected chi connectivity index (χ0v) is 21.0. The van der Waals surface area contributed by atoms with Crippen molar-refractivity contribution in [2.24, 2.45) is 0 Å². The van der Waals surface area contributed by atoms with Crippen LogP contribution in [0.1, 0.15) is 12.5 Å². The first-order valence-electron chi connectivity index (χ1n) is 11.4. The minimum atomic E-state index is -5.05. The average molecular weight is 589 g/mol. The van der Waals surface area contributed by atoms with E-state index in [0.29, 0.717) is 0 Å². The third-order valence-corrected chi connectivity index (χ3v) is 7.21. The molecule has 0 spiro atoms. The number of aliphatic hydroxyl groups excluding tert-OH is 4. The summed E-state index contributed by atoms with van der Waals surface area (Å²) in [4.78, 5) is 51.5. The Hall–Kier alpha value is -3.37. The number of aromatic nitrogens is 7. The number of phosphoric ester groups is 1. The molecule has 2 aliphatic heterocycles. The number of H-pyrrole nitrogens is 1. The Labute approximate surface area is 221 Å². The maximum absolute atomic E-state index is 12.7. The Morgan fingerprint density at radius 1 is 1.00 bits per heavy atom. The molecule has 3 unspecified atom stereocenters. The van der Waals surface area contributed by atoms with Crippen LogP contribution in [0, 0.1) is 0 Å². The van der Waals surface area contributed by atoms with Gasteiger partial charge in [-0.3, -0.25) is 28.0 Å². The van der Waals surface area contributed by atoms with Gasteiger partial charge in [-0.15, -0.1) is 0 Å². The van der Waals surface area contributed by atoms with Gasteiger partial charge in [-0.05, 0) is 0 Å². The van der Waals surface area contributed by atoms with Gasteiger partial charge in [0.1, 0.15) is 43.0 Å². The summed E-state index contributed by atoms with van der Waals surface area (Å²) in [7, 11) is -5.05. The van der Waals surface area contributed by atoms with Crippen LogP contribution >= 0.6 is 7.82 Å². The number of nitrogens with one attached hydrogen (secondary N) is 1. The standard InChI is InChI=1S/C18H24N9O12P/c19-16-22-4-27(18(33)25-16)14-9(30)8(29)6(38-14)2-36-40(34,35)39-11-5(1-28)37-15(10(11)31)26-3-21-7-12(26)23-17(20)24-13(7)32/h3-6,8-11,14-15,28-31H,1-2H2,(H,34,35)(H2,19,25,33)(H3,20,23,24,32)/t5-,6-,8+,9?,10?,11+,14-,15-/m1/s1. The maximum atomic E-state index is 12.7. The van der Waals surface area contributed by atoms with E-state index in [4.69, 9.17) is 30.0 Å². The Morgan fingerprint density at radius 3 is 2.38 bits per heavy atom. The Balaban J connectivity index is 1.28. The van der Waals surface area contributed by atoms with E-state index in [-0.39, 0.29) is 23.1 Å². The fourth-order valence-electron chi connectivity index (χ4n) is 4.33. The molecule has 0 bridgehead atoms. The number of nitrogens with zero attached hydrogens (tertiary/aromatic N) is 6. The van der Waals surface area contributed by atoms with E-state index in [2.05, 4.69) is 24.9 Å². The van der Waals surface area contributed by atoms with Crippen LogP contribution in [0.25, 0.3) is 11.2 Å². The number of aromatic amines is 1. The van der Waals surface area contributed by atoms with Crippen LogP contribution in [-0.2, 0) is 23.1 Å². The number of aliphatic hydroxyl groups is 4. The van der Waals surface area contributed by atoms with Gasteiger partial charge < -0.3 is 46.3 Å². The molecule has 2 aliphatic rings. The lowest BCUT2D eigenvalue weighted by Gasteiger charge is -2.23. The van der Waals surface area contributed by atoms with Gasteiger partial charge in [-0.1, -0.05) is 0 Å². The second-order valence-electron chi connectivity index (χ2n) is 8.80. The normalized spacial score (nSPS) is 32.0. The first-order chi connectivity index (χ1) is 18.9. The summed E-state index contributed by atoms with van der Waals surface area (Å²) < 4.78 is 35.6. The van der Waals surface area contributed by atoms with E-state index < -0.39 is 81.4 Å².